The molecule has 0 radical (unpaired) electrons. The van der Waals surface area contributed by atoms with Gasteiger partial charge in [-0.3, -0.25) is 4.79 Å². The van der Waals surface area contributed by atoms with Crippen molar-refractivity contribution in [2.75, 3.05) is 13.2 Å². The molecule has 1 saturated heterocycles. The number of carbonyl (C=O) groups excluding carboxylic acids is 2. The van der Waals surface area contributed by atoms with Gasteiger partial charge < -0.3 is 9.64 Å². The predicted molar refractivity (Wildman–Crippen MR) is 85.5 cm³/mol. The van der Waals surface area contributed by atoms with E-state index in [1.807, 2.05) is 0 Å². The van der Waals surface area contributed by atoms with Crippen LogP contribution in [0.2, 0.25) is 0 Å². The van der Waals surface area contributed by atoms with Gasteiger partial charge in [0.05, 0.1) is 6.61 Å². The molecule has 4 nitrogen and oxygen atoms in total. The van der Waals surface area contributed by atoms with E-state index in [-0.39, 0.29) is 17.4 Å². The van der Waals surface area contributed by atoms with Crippen LogP contribution in [0.1, 0.15) is 49.9 Å². The van der Waals surface area contributed by atoms with Crippen molar-refractivity contribution in [2.24, 2.45) is 5.92 Å². The zero-order valence-electron chi connectivity index (χ0n) is 13.8. The van der Waals surface area contributed by atoms with E-state index in [4.69, 9.17) is 4.74 Å². The maximum Gasteiger partial charge on any atom is 0.328 e. The number of esters is 1. The van der Waals surface area contributed by atoms with Crippen LogP contribution < -0.4 is 0 Å². The third-order valence-electron chi connectivity index (χ3n) is 4.03. The summed E-state index contributed by atoms with van der Waals surface area (Å²) in [4.78, 5) is 26.2. The normalized spacial score (nSPS) is 17.6. The first-order valence-corrected chi connectivity index (χ1v) is 8.22. The summed E-state index contributed by atoms with van der Waals surface area (Å²) in [6.07, 6.45) is 3.19. The number of carbonyl (C=O) groups is 2. The quantitative estimate of drug-likeness (QED) is 0.596. The van der Waals surface area contributed by atoms with Gasteiger partial charge in [-0.2, -0.15) is 0 Å². The monoisotopic (exact) mass is 321 g/mol. The van der Waals surface area contributed by atoms with Gasteiger partial charge in [-0.05, 0) is 49.8 Å². The van der Waals surface area contributed by atoms with Gasteiger partial charge in [0.2, 0.25) is 0 Å². The molecule has 1 amide bonds. The van der Waals surface area contributed by atoms with E-state index in [1.54, 1.807) is 6.07 Å². The van der Waals surface area contributed by atoms with Crippen molar-refractivity contribution in [3.05, 3.63) is 35.6 Å². The highest BCUT2D eigenvalue weighted by atomic mass is 19.1. The second kappa shape index (κ2) is 8.09. The van der Waals surface area contributed by atoms with Gasteiger partial charge in [0.15, 0.2) is 0 Å². The fourth-order valence-corrected chi connectivity index (χ4v) is 2.80. The SMILES string of the molecule is CC(C)CCCOC(=O)C1CCCN1C(=O)c1cccc(F)c1. The van der Waals surface area contributed by atoms with Crippen molar-refractivity contribution in [3.8, 4) is 0 Å². The number of hydrogen-bond donors (Lipinski definition) is 0. The molecule has 1 fully saturated rings. The largest absolute Gasteiger partial charge is 0.464 e. The van der Waals surface area contributed by atoms with Crippen molar-refractivity contribution in [3.63, 3.8) is 0 Å². The highest BCUT2D eigenvalue weighted by Crippen LogP contribution is 2.22. The zero-order chi connectivity index (χ0) is 16.8. The van der Waals surface area contributed by atoms with Gasteiger partial charge in [0.25, 0.3) is 5.91 Å². The minimum atomic E-state index is -0.551. The smallest absolute Gasteiger partial charge is 0.328 e. The van der Waals surface area contributed by atoms with Crippen LogP contribution in [0, 0.1) is 11.7 Å². The molecule has 5 heteroatoms. The summed E-state index contributed by atoms with van der Waals surface area (Å²) in [7, 11) is 0. The van der Waals surface area contributed by atoms with Gasteiger partial charge >= 0.3 is 5.97 Å². The summed E-state index contributed by atoms with van der Waals surface area (Å²) in [6.45, 7) is 5.13. The van der Waals surface area contributed by atoms with E-state index in [0.29, 0.717) is 25.5 Å². The molecule has 126 valence electrons. The fourth-order valence-electron chi connectivity index (χ4n) is 2.80. The average Bonchev–Trinajstić information content (AvgIpc) is 3.00. The highest BCUT2D eigenvalue weighted by molar-refractivity contribution is 5.97. The van der Waals surface area contributed by atoms with Crippen LogP contribution in [0.5, 0.6) is 0 Å². The molecule has 1 aliphatic heterocycles. The first-order valence-electron chi connectivity index (χ1n) is 8.22. The van der Waals surface area contributed by atoms with Gasteiger partial charge in [0.1, 0.15) is 11.9 Å². The lowest BCUT2D eigenvalue weighted by atomic mass is 10.1. The number of likely N-dealkylation sites (tertiary alicyclic amines) is 1. The summed E-state index contributed by atoms with van der Waals surface area (Å²) in [5.41, 5.74) is 0.268. The lowest BCUT2D eigenvalue weighted by Crippen LogP contribution is -2.41. The Balaban J connectivity index is 1.94. The predicted octanol–water partition coefficient (Wildman–Crippen LogP) is 3.41. The third-order valence-corrected chi connectivity index (χ3v) is 4.03. The zero-order valence-corrected chi connectivity index (χ0v) is 13.8. The molecule has 2 rings (SSSR count). The molecule has 0 saturated carbocycles. The lowest BCUT2D eigenvalue weighted by molar-refractivity contribution is -0.148. The average molecular weight is 321 g/mol. The maximum absolute atomic E-state index is 13.3. The number of hydrogen-bond acceptors (Lipinski definition) is 3. The van der Waals surface area contributed by atoms with Crippen molar-refractivity contribution in [1.82, 2.24) is 4.90 Å². The van der Waals surface area contributed by atoms with Crippen LogP contribution in [-0.2, 0) is 9.53 Å². The Labute approximate surface area is 136 Å². The molecule has 0 spiro atoms. The van der Waals surface area contributed by atoms with Crippen LogP contribution in [0.3, 0.4) is 0 Å². The first-order chi connectivity index (χ1) is 11.0. The van der Waals surface area contributed by atoms with E-state index in [9.17, 15) is 14.0 Å². The molecule has 1 aromatic rings. The Morgan fingerprint density at radius 3 is 2.87 bits per heavy atom. The topological polar surface area (TPSA) is 46.6 Å². The standard InChI is InChI=1S/C18H24FNO3/c1-13(2)6-5-11-23-18(22)16-9-4-10-20(16)17(21)14-7-3-8-15(19)12-14/h3,7-8,12-13,16H,4-6,9-11H2,1-2H3. The molecule has 23 heavy (non-hydrogen) atoms. The second-order valence-electron chi connectivity index (χ2n) is 6.37. The van der Waals surface area contributed by atoms with Crippen LogP contribution in [0.15, 0.2) is 24.3 Å². The molecule has 1 atom stereocenters. The van der Waals surface area contributed by atoms with E-state index >= 15 is 0 Å². The summed E-state index contributed by atoms with van der Waals surface area (Å²) in [5, 5.41) is 0. The van der Waals surface area contributed by atoms with Crippen LogP contribution in [-0.4, -0.2) is 36.0 Å². The lowest BCUT2D eigenvalue weighted by Gasteiger charge is -2.23. The van der Waals surface area contributed by atoms with Crippen molar-refractivity contribution < 1.29 is 18.7 Å². The number of nitrogens with zero attached hydrogens (tertiary/aromatic N) is 1. The van der Waals surface area contributed by atoms with E-state index < -0.39 is 11.9 Å². The molecular weight excluding hydrogens is 297 g/mol. The molecule has 1 heterocycles. The fraction of sp³-hybridized carbons (Fsp3) is 0.556. The Morgan fingerprint density at radius 1 is 1.39 bits per heavy atom. The Hall–Kier alpha value is -1.91. The van der Waals surface area contributed by atoms with Crippen LogP contribution >= 0.6 is 0 Å². The molecule has 1 aromatic carbocycles. The molecule has 0 bridgehead atoms. The number of ether oxygens (including phenoxy) is 1. The second-order valence-corrected chi connectivity index (χ2v) is 6.37. The number of amides is 1. The number of rotatable bonds is 6. The molecule has 0 N–H and O–H groups in total. The minimum Gasteiger partial charge on any atom is -0.464 e. The van der Waals surface area contributed by atoms with Crippen molar-refractivity contribution in [1.29, 1.82) is 0 Å². The van der Waals surface area contributed by atoms with Gasteiger partial charge in [0, 0.05) is 12.1 Å². The number of benzene rings is 1. The Kier molecular flexibility index (Phi) is 6.13. The molecular formula is C18H24FNO3. The summed E-state index contributed by atoms with van der Waals surface area (Å²) in [5.74, 6) is -0.545. The van der Waals surface area contributed by atoms with Crippen LogP contribution in [0.25, 0.3) is 0 Å². The van der Waals surface area contributed by atoms with E-state index in [2.05, 4.69) is 13.8 Å². The van der Waals surface area contributed by atoms with Crippen LogP contribution in [0.4, 0.5) is 4.39 Å². The van der Waals surface area contributed by atoms with Gasteiger partial charge in [-0.15, -0.1) is 0 Å². The van der Waals surface area contributed by atoms with Crippen molar-refractivity contribution in [2.45, 2.75) is 45.6 Å². The number of halogens is 1. The Morgan fingerprint density at radius 2 is 2.17 bits per heavy atom. The Bertz CT molecular complexity index is 559. The molecule has 1 aliphatic rings. The highest BCUT2D eigenvalue weighted by Gasteiger charge is 2.35. The summed E-state index contributed by atoms with van der Waals surface area (Å²) >= 11 is 0. The molecule has 0 aliphatic carbocycles. The van der Waals surface area contributed by atoms with Gasteiger partial charge in [-0.25, -0.2) is 9.18 Å². The van der Waals surface area contributed by atoms with Gasteiger partial charge in [-0.1, -0.05) is 19.9 Å². The van der Waals surface area contributed by atoms with E-state index in [1.165, 1.54) is 23.1 Å². The van der Waals surface area contributed by atoms with E-state index in [0.717, 1.165) is 19.3 Å². The summed E-state index contributed by atoms with van der Waals surface area (Å²) in [6, 6.07) is 5.00. The maximum atomic E-state index is 13.3. The first kappa shape index (κ1) is 17.4. The summed E-state index contributed by atoms with van der Waals surface area (Å²) < 4.78 is 18.6. The molecule has 1 unspecified atom stereocenters. The third kappa shape index (κ3) is 4.78. The van der Waals surface area contributed by atoms with Crippen molar-refractivity contribution >= 4 is 11.9 Å². The minimum absolute atomic E-state index is 0.268. The molecule has 0 aromatic heterocycles.